The number of hydrogen-bond acceptors (Lipinski definition) is 3. The topological polar surface area (TPSA) is 75.4 Å². The molecule has 4 rings (SSSR count). The van der Waals surface area contributed by atoms with E-state index in [0.29, 0.717) is 12.8 Å². The van der Waals surface area contributed by atoms with Crippen molar-refractivity contribution in [3.8, 4) is 0 Å². The Hall–Kier alpha value is -1.88. The molecule has 26 heavy (non-hydrogen) atoms. The van der Waals surface area contributed by atoms with Crippen molar-refractivity contribution in [2.75, 3.05) is 4.90 Å². The van der Waals surface area contributed by atoms with Gasteiger partial charge in [-0.1, -0.05) is 37.5 Å². The zero-order valence-electron chi connectivity index (χ0n) is 15.6. The van der Waals surface area contributed by atoms with Crippen LogP contribution in [0.1, 0.15) is 63.4 Å². The molecule has 140 valence electrons. The number of rotatable bonds is 2. The molecule has 2 saturated carbocycles. The van der Waals surface area contributed by atoms with Gasteiger partial charge in [0.2, 0.25) is 11.8 Å². The number of anilines is 1. The van der Waals surface area contributed by atoms with Crippen LogP contribution in [0.3, 0.4) is 0 Å². The number of amides is 2. The number of primary amides is 1. The van der Waals surface area contributed by atoms with Gasteiger partial charge in [0, 0.05) is 5.69 Å². The van der Waals surface area contributed by atoms with E-state index >= 15 is 0 Å². The molecule has 1 aromatic carbocycles. The minimum Gasteiger partial charge on any atom is -0.369 e. The van der Waals surface area contributed by atoms with Gasteiger partial charge in [-0.05, 0) is 57.1 Å². The second-order valence-corrected chi connectivity index (χ2v) is 8.32. The summed E-state index contributed by atoms with van der Waals surface area (Å²) in [4.78, 5) is 28.1. The van der Waals surface area contributed by atoms with Crippen molar-refractivity contribution < 1.29 is 9.59 Å². The van der Waals surface area contributed by atoms with Gasteiger partial charge in [0.25, 0.3) is 0 Å². The summed E-state index contributed by atoms with van der Waals surface area (Å²) in [5.41, 5.74) is 6.62. The summed E-state index contributed by atoms with van der Waals surface area (Å²) in [5, 5.41) is 3.75. The molecule has 3 aliphatic rings. The summed E-state index contributed by atoms with van der Waals surface area (Å²) >= 11 is 0. The predicted molar refractivity (Wildman–Crippen MR) is 102 cm³/mol. The fourth-order valence-corrected chi connectivity index (χ4v) is 5.52. The number of benzene rings is 1. The summed E-state index contributed by atoms with van der Waals surface area (Å²) in [5.74, 6) is -0.711. The fourth-order valence-electron chi connectivity index (χ4n) is 5.52. The van der Waals surface area contributed by atoms with Gasteiger partial charge in [0.05, 0.1) is 11.6 Å². The minimum absolute atomic E-state index is 0.0530. The van der Waals surface area contributed by atoms with E-state index in [1.54, 1.807) is 0 Å². The smallest absolute Gasteiger partial charge is 0.249 e. The number of nitrogens with one attached hydrogen (secondary N) is 1. The Kier molecular flexibility index (Phi) is 4.30. The van der Waals surface area contributed by atoms with Crippen molar-refractivity contribution in [1.82, 2.24) is 5.32 Å². The largest absolute Gasteiger partial charge is 0.369 e. The first kappa shape index (κ1) is 17.5. The van der Waals surface area contributed by atoms with Crippen molar-refractivity contribution >= 4 is 17.5 Å². The van der Waals surface area contributed by atoms with Crippen LogP contribution in [0.25, 0.3) is 0 Å². The summed E-state index contributed by atoms with van der Waals surface area (Å²) in [6.07, 6.45) is 8.57. The third-order valence-electron chi connectivity index (χ3n) is 6.76. The molecule has 5 nitrogen and oxygen atoms in total. The second kappa shape index (κ2) is 6.38. The molecule has 2 spiro atoms. The molecule has 1 heterocycles. The van der Waals surface area contributed by atoms with Crippen molar-refractivity contribution in [2.45, 2.75) is 75.9 Å². The number of nitrogens with zero attached hydrogens (tertiary/aromatic N) is 1. The molecule has 2 aliphatic carbocycles. The molecule has 0 radical (unpaired) electrons. The quantitative estimate of drug-likeness (QED) is 0.856. The van der Waals surface area contributed by atoms with Crippen LogP contribution < -0.4 is 16.0 Å². The first-order chi connectivity index (χ1) is 12.5. The standard InChI is InChI=1S/C21H29N3O2/c1-15-9-3-4-11-17(15)24-19(26)21(14-8-5-10-16(21)18(22)25)23-20(24)12-6-2-7-13-20/h3-4,9,11,16,23H,2,5-8,10,12-14H2,1H3,(H2,22,25). The van der Waals surface area contributed by atoms with E-state index in [4.69, 9.17) is 5.73 Å². The SMILES string of the molecule is Cc1ccccc1N1C(=O)C2(CCCCC2C(N)=O)NC12CCCCC2. The van der Waals surface area contributed by atoms with Crippen molar-refractivity contribution in [2.24, 2.45) is 11.7 Å². The second-order valence-electron chi connectivity index (χ2n) is 8.32. The Bertz CT molecular complexity index is 726. The number of aryl methyl sites for hydroxylation is 1. The fraction of sp³-hybridized carbons (Fsp3) is 0.619. The van der Waals surface area contributed by atoms with Gasteiger partial charge < -0.3 is 5.73 Å². The summed E-state index contributed by atoms with van der Waals surface area (Å²) in [6, 6.07) is 8.08. The normalized spacial score (nSPS) is 30.9. The molecule has 1 aromatic rings. The summed E-state index contributed by atoms with van der Waals surface area (Å²) < 4.78 is 0. The van der Waals surface area contributed by atoms with Gasteiger partial charge >= 0.3 is 0 Å². The lowest BCUT2D eigenvalue weighted by Crippen LogP contribution is -2.61. The average Bonchev–Trinajstić information content (AvgIpc) is 2.85. The van der Waals surface area contributed by atoms with E-state index < -0.39 is 11.5 Å². The zero-order valence-corrected chi connectivity index (χ0v) is 15.6. The monoisotopic (exact) mass is 355 g/mol. The Morgan fingerprint density at radius 1 is 1.12 bits per heavy atom. The molecular formula is C21H29N3O2. The lowest BCUT2D eigenvalue weighted by Gasteiger charge is -2.43. The summed E-state index contributed by atoms with van der Waals surface area (Å²) in [7, 11) is 0. The Morgan fingerprint density at radius 3 is 2.50 bits per heavy atom. The molecule has 5 heteroatoms. The van der Waals surface area contributed by atoms with Gasteiger partial charge in [-0.15, -0.1) is 0 Å². The lowest BCUT2D eigenvalue weighted by atomic mass is 9.72. The molecule has 0 aromatic heterocycles. The van der Waals surface area contributed by atoms with Crippen LogP contribution in [-0.4, -0.2) is 23.0 Å². The van der Waals surface area contributed by atoms with Gasteiger partial charge in [-0.25, -0.2) is 0 Å². The highest BCUT2D eigenvalue weighted by Crippen LogP contribution is 2.49. The van der Waals surface area contributed by atoms with Gasteiger partial charge in [0.1, 0.15) is 5.54 Å². The maximum absolute atomic E-state index is 13.9. The van der Waals surface area contributed by atoms with Gasteiger partial charge in [-0.2, -0.15) is 0 Å². The highest BCUT2D eigenvalue weighted by molar-refractivity contribution is 6.07. The van der Waals surface area contributed by atoms with Crippen LogP contribution in [0.4, 0.5) is 5.69 Å². The number of carbonyl (C=O) groups is 2. The molecule has 3 N–H and O–H groups in total. The first-order valence-corrected chi connectivity index (χ1v) is 9.99. The van der Waals surface area contributed by atoms with Crippen LogP contribution in [-0.2, 0) is 9.59 Å². The minimum atomic E-state index is -0.830. The van der Waals surface area contributed by atoms with E-state index in [0.717, 1.165) is 49.8 Å². The van der Waals surface area contributed by atoms with Crippen molar-refractivity contribution in [1.29, 1.82) is 0 Å². The molecule has 2 atom stereocenters. The maximum atomic E-state index is 13.9. The number of nitrogens with two attached hydrogens (primary N) is 1. The molecule has 1 saturated heterocycles. The van der Waals surface area contributed by atoms with Gasteiger partial charge in [0.15, 0.2) is 0 Å². The maximum Gasteiger partial charge on any atom is 0.249 e. The molecule has 0 bridgehead atoms. The van der Waals surface area contributed by atoms with E-state index in [-0.39, 0.29) is 17.5 Å². The Balaban J connectivity index is 1.84. The number of hydrogen-bond donors (Lipinski definition) is 2. The van der Waals surface area contributed by atoms with E-state index in [1.165, 1.54) is 6.42 Å². The Morgan fingerprint density at radius 2 is 1.81 bits per heavy atom. The molecule has 2 unspecified atom stereocenters. The molecule has 1 aliphatic heterocycles. The average molecular weight is 355 g/mol. The van der Waals surface area contributed by atoms with E-state index in [9.17, 15) is 9.59 Å². The van der Waals surface area contributed by atoms with E-state index in [1.807, 2.05) is 23.1 Å². The molecule has 3 fully saturated rings. The van der Waals surface area contributed by atoms with E-state index in [2.05, 4.69) is 18.3 Å². The van der Waals surface area contributed by atoms with Crippen molar-refractivity contribution in [3.63, 3.8) is 0 Å². The highest BCUT2D eigenvalue weighted by Gasteiger charge is 2.63. The first-order valence-electron chi connectivity index (χ1n) is 9.99. The van der Waals surface area contributed by atoms with Crippen LogP contribution >= 0.6 is 0 Å². The summed E-state index contributed by atoms with van der Waals surface area (Å²) in [6.45, 7) is 2.05. The van der Waals surface area contributed by atoms with Crippen LogP contribution in [0.5, 0.6) is 0 Å². The van der Waals surface area contributed by atoms with Crippen LogP contribution in [0.2, 0.25) is 0 Å². The zero-order chi connectivity index (χ0) is 18.4. The van der Waals surface area contributed by atoms with Crippen molar-refractivity contribution in [3.05, 3.63) is 29.8 Å². The van der Waals surface area contributed by atoms with Gasteiger partial charge in [-0.3, -0.25) is 19.8 Å². The highest BCUT2D eigenvalue weighted by atomic mass is 16.2. The molecular weight excluding hydrogens is 326 g/mol. The number of para-hydroxylation sites is 1. The lowest BCUT2D eigenvalue weighted by molar-refractivity contribution is -0.134. The number of carbonyl (C=O) groups excluding carboxylic acids is 2. The third kappa shape index (κ3) is 2.48. The van der Waals surface area contributed by atoms with Crippen LogP contribution in [0.15, 0.2) is 24.3 Å². The van der Waals surface area contributed by atoms with Crippen LogP contribution in [0, 0.1) is 12.8 Å². The third-order valence-corrected chi connectivity index (χ3v) is 6.76. The molecule has 2 amide bonds. The Labute approximate surface area is 155 Å². The predicted octanol–water partition coefficient (Wildman–Crippen LogP) is 3.01.